The fraction of sp³-hybridized carbons (Fsp3) is 0.0833. The minimum Gasteiger partial charge on any atom is -0.287 e. The number of hydrogen-bond donors (Lipinski definition) is 0. The molecule has 74 valence electrons. The van der Waals surface area contributed by atoms with Crippen LogP contribution in [0, 0.1) is 6.92 Å². The van der Waals surface area contributed by atoms with Crippen molar-refractivity contribution in [2.45, 2.75) is 6.92 Å². The summed E-state index contributed by atoms with van der Waals surface area (Å²) in [5.74, 6) is 0. The number of aromatic nitrogens is 2. The van der Waals surface area contributed by atoms with Crippen molar-refractivity contribution in [1.29, 1.82) is 0 Å². The van der Waals surface area contributed by atoms with Crippen LogP contribution in [0.15, 0.2) is 41.1 Å². The van der Waals surface area contributed by atoms with Crippen molar-refractivity contribution in [3.63, 3.8) is 0 Å². The highest BCUT2D eigenvalue weighted by atomic mass is 79.9. The minimum absolute atomic E-state index is 0.972. The molecule has 0 saturated heterocycles. The molecule has 0 radical (unpaired) electrons. The summed E-state index contributed by atoms with van der Waals surface area (Å²) in [5.41, 5.74) is 3.42. The van der Waals surface area contributed by atoms with Gasteiger partial charge < -0.3 is 0 Å². The predicted molar refractivity (Wildman–Crippen MR) is 65.1 cm³/mol. The average Bonchev–Trinajstić information content (AvgIpc) is 2.60. The van der Waals surface area contributed by atoms with Gasteiger partial charge in [0.05, 0.1) is 11.7 Å². The van der Waals surface area contributed by atoms with Crippen molar-refractivity contribution in [2.75, 3.05) is 0 Å². The summed E-state index contributed by atoms with van der Waals surface area (Å²) in [7, 11) is 0. The Morgan fingerprint density at radius 1 is 1.20 bits per heavy atom. The van der Waals surface area contributed by atoms with Crippen molar-refractivity contribution in [1.82, 2.24) is 9.38 Å². The molecule has 0 spiro atoms. The molecule has 0 aliphatic rings. The normalized spacial score (nSPS) is 11.3. The van der Waals surface area contributed by atoms with Crippen molar-refractivity contribution in [3.05, 3.63) is 46.7 Å². The van der Waals surface area contributed by atoms with Crippen molar-refractivity contribution >= 4 is 32.5 Å². The summed E-state index contributed by atoms with van der Waals surface area (Å²) in [6.07, 6.45) is 1.83. The maximum atomic E-state index is 4.31. The van der Waals surface area contributed by atoms with E-state index in [1.807, 2.05) is 12.3 Å². The largest absolute Gasteiger partial charge is 0.287 e. The zero-order chi connectivity index (χ0) is 10.4. The van der Waals surface area contributed by atoms with Gasteiger partial charge in [0.2, 0.25) is 0 Å². The van der Waals surface area contributed by atoms with Crippen LogP contribution in [0.25, 0.3) is 16.6 Å². The fourth-order valence-electron chi connectivity index (χ4n) is 1.85. The number of pyridine rings is 1. The van der Waals surface area contributed by atoms with E-state index in [0.717, 1.165) is 10.3 Å². The van der Waals surface area contributed by atoms with Gasteiger partial charge in [-0.25, -0.2) is 4.98 Å². The molecule has 3 rings (SSSR count). The van der Waals surface area contributed by atoms with Crippen molar-refractivity contribution in [2.24, 2.45) is 0 Å². The van der Waals surface area contributed by atoms with Gasteiger partial charge >= 0.3 is 0 Å². The number of halogens is 1. The molecule has 0 atom stereocenters. The molecule has 0 fully saturated rings. The van der Waals surface area contributed by atoms with Gasteiger partial charge in [0.15, 0.2) is 0 Å². The summed E-state index contributed by atoms with van der Waals surface area (Å²) < 4.78 is 3.11. The van der Waals surface area contributed by atoms with E-state index in [4.69, 9.17) is 0 Å². The summed E-state index contributed by atoms with van der Waals surface area (Å²) >= 11 is 3.51. The molecule has 15 heavy (non-hydrogen) atoms. The standard InChI is InChI=1S/C12H9BrN2/c1-8-2-3-9-4-5-12-14-7-11(13)15(12)10(9)6-8/h2-7H,1H3. The number of rotatable bonds is 0. The molecule has 0 N–H and O–H groups in total. The van der Waals surface area contributed by atoms with Gasteiger partial charge in [0.1, 0.15) is 10.3 Å². The number of hydrogen-bond acceptors (Lipinski definition) is 1. The SMILES string of the molecule is Cc1ccc2ccc3ncc(Br)n3c2c1. The highest BCUT2D eigenvalue weighted by Gasteiger charge is 2.04. The van der Waals surface area contributed by atoms with E-state index in [0.29, 0.717) is 0 Å². The zero-order valence-electron chi connectivity index (χ0n) is 8.24. The average molecular weight is 261 g/mol. The molecule has 3 heteroatoms. The van der Waals surface area contributed by atoms with Crippen LogP contribution in [0.4, 0.5) is 0 Å². The molecule has 0 saturated carbocycles. The summed E-state index contributed by atoms with van der Waals surface area (Å²) in [6, 6.07) is 10.6. The van der Waals surface area contributed by atoms with Gasteiger partial charge in [-0.3, -0.25) is 4.40 Å². The highest BCUT2D eigenvalue weighted by Crippen LogP contribution is 2.22. The lowest BCUT2D eigenvalue weighted by molar-refractivity contribution is 1.22. The number of imidazole rings is 1. The summed E-state index contributed by atoms with van der Waals surface area (Å²) in [5, 5.41) is 1.23. The van der Waals surface area contributed by atoms with E-state index in [1.54, 1.807) is 0 Å². The molecule has 0 unspecified atom stereocenters. The Morgan fingerprint density at radius 3 is 2.87 bits per heavy atom. The molecule has 2 nitrogen and oxygen atoms in total. The Morgan fingerprint density at radius 2 is 2.00 bits per heavy atom. The van der Waals surface area contributed by atoms with E-state index in [2.05, 4.69) is 56.5 Å². The molecular formula is C12H9BrN2. The van der Waals surface area contributed by atoms with E-state index < -0.39 is 0 Å². The smallest absolute Gasteiger partial charge is 0.138 e. The summed E-state index contributed by atoms with van der Waals surface area (Å²) in [6.45, 7) is 2.10. The van der Waals surface area contributed by atoms with E-state index >= 15 is 0 Å². The van der Waals surface area contributed by atoms with Gasteiger partial charge in [0, 0.05) is 0 Å². The van der Waals surface area contributed by atoms with Gasteiger partial charge in [-0.05, 0) is 52.0 Å². The Labute approximate surface area is 95.7 Å². The predicted octanol–water partition coefficient (Wildman–Crippen LogP) is 3.56. The second-order valence-electron chi connectivity index (χ2n) is 3.67. The molecule has 3 aromatic rings. The molecule has 1 aromatic carbocycles. The molecule has 0 aliphatic heterocycles. The third kappa shape index (κ3) is 1.27. The Hall–Kier alpha value is -1.35. The van der Waals surface area contributed by atoms with Crippen molar-refractivity contribution < 1.29 is 0 Å². The fourth-order valence-corrected chi connectivity index (χ4v) is 2.33. The minimum atomic E-state index is 0.972. The van der Waals surface area contributed by atoms with Gasteiger partial charge in [-0.15, -0.1) is 0 Å². The van der Waals surface area contributed by atoms with E-state index in [9.17, 15) is 0 Å². The van der Waals surface area contributed by atoms with E-state index in [1.165, 1.54) is 16.5 Å². The quantitative estimate of drug-likeness (QED) is 0.604. The van der Waals surface area contributed by atoms with E-state index in [-0.39, 0.29) is 0 Å². The number of aryl methyl sites for hydroxylation is 1. The lowest BCUT2D eigenvalue weighted by atomic mass is 10.1. The van der Waals surface area contributed by atoms with Gasteiger partial charge in [-0.1, -0.05) is 12.1 Å². The zero-order valence-corrected chi connectivity index (χ0v) is 9.82. The second kappa shape index (κ2) is 3.07. The Balaban J connectivity index is 2.61. The Bertz CT molecular complexity index is 655. The molecule has 2 heterocycles. The topological polar surface area (TPSA) is 17.3 Å². The van der Waals surface area contributed by atoms with Crippen LogP contribution in [0.2, 0.25) is 0 Å². The molecule has 2 aromatic heterocycles. The molecule has 0 amide bonds. The maximum absolute atomic E-state index is 4.31. The first-order valence-corrected chi connectivity index (χ1v) is 5.57. The molecular weight excluding hydrogens is 252 g/mol. The first-order valence-electron chi connectivity index (χ1n) is 4.78. The third-order valence-electron chi connectivity index (χ3n) is 2.58. The lowest BCUT2D eigenvalue weighted by Gasteiger charge is -2.04. The highest BCUT2D eigenvalue weighted by molar-refractivity contribution is 9.10. The van der Waals surface area contributed by atoms with Crippen LogP contribution in [-0.4, -0.2) is 9.38 Å². The van der Waals surface area contributed by atoms with Crippen molar-refractivity contribution in [3.8, 4) is 0 Å². The van der Waals surface area contributed by atoms with Gasteiger partial charge in [-0.2, -0.15) is 0 Å². The van der Waals surface area contributed by atoms with Crippen LogP contribution in [0.3, 0.4) is 0 Å². The first-order chi connectivity index (χ1) is 7.25. The third-order valence-corrected chi connectivity index (χ3v) is 3.14. The number of nitrogens with zero attached hydrogens (tertiary/aromatic N) is 2. The number of benzene rings is 1. The van der Waals surface area contributed by atoms with Crippen LogP contribution in [-0.2, 0) is 0 Å². The summed E-state index contributed by atoms with van der Waals surface area (Å²) in [4.78, 5) is 4.31. The van der Waals surface area contributed by atoms with Crippen LogP contribution in [0.5, 0.6) is 0 Å². The molecule has 0 bridgehead atoms. The number of fused-ring (bicyclic) bond motifs is 3. The Kier molecular flexibility index (Phi) is 1.83. The van der Waals surface area contributed by atoms with Crippen LogP contribution in [0.1, 0.15) is 5.56 Å². The van der Waals surface area contributed by atoms with Crippen LogP contribution >= 0.6 is 15.9 Å². The first kappa shape index (κ1) is 8.92. The maximum Gasteiger partial charge on any atom is 0.138 e. The monoisotopic (exact) mass is 260 g/mol. The molecule has 0 aliphatic carbocycles. The second-order valence-corrected chi connectivity index (χ2v) is 4.48. The van der Waals surface area contributed by atoms with Gasteiger partial charge in [0.25, 0.3) is 0 Å². The lowest BCUT2D eigenvalue weighted by Crippen LogP contribution is -1.88. The van der Waals surface area contributed by atoms with Crippen LogP contribution < -0.4 is 0 Å².